The third-order valence-corrected chi connectivity index (χ3v) is 3.27. The highest BCUT2D eigenvalue weighted by Gasteiger charge is 2.12. The first-order chi connectivity index (χ1) is 10.2. The predicted molar refractivity (Wildman–Crippen MR) is 81.6 cm³/mol. The summed E-state index contributed by atoms with van der Waals surface area (Å²) in [5.41, 5.74) is 5.44. The van der Waals surface area contributed by atoms with Crippen LogP contribution in [0.25, 0.3) is 11.0 Å². The zero-order valence-electron chi connectivity index (χ0n) is 10.8. The molecule has 0 aliphatic rings. The summed E-state index contributed by atoms with van der Waals surface area (Å²) in [6.07, 6.45) is 0. The van der Waals surface area contributed by atoms with Crippen LogP contribution in [0.2, 0.25) is 0 Å². The van der Waals surface area contributed by atoms with Gasteiger partial charge in [0.2, 0.25) is 0 Å². The third-order valence-electron chi connectivity index (χ3n) is 2.78. The van der Waals surface area contributed by atoms with E-state index in [2.05, 4.69) is 26.9 Å². The average Bonchev–Trinajstić information content (AvgIpc) is 2.91. The number of halogens is 1. The van der Waals surface area contributed by atoms with Crippen molar-refractivity contribution >= 4 is 32.8 Å². The zero-order chi connectivity index (χ0) is 14.7. The Kier molecular flexibility index (Phi) is 3.89. The van der Waals surface area contributed by atoms with Crippen LogP contribution in [0.4, 0.5) is 0 Å². The van der Waals surface area contributed by atoms with E-state index in [0.29, 0.717) is 11.3 Å². The van der Waals surface area contributed by atoms with E-state index in [1.165, 1.54) is 0 Å². The second kappa shape index (κ2) is 5.99. The molecule has 1 amide bonds. The number of hydrazine groups is 1. The summed E-state index contributed by atoms with van der Waals surface area (Å²) < 4.78 is 6.38. The second-order valence-corrected chi connectivity index (χ2v) is 5.18. The van der Waals surface area contributed by atoms with Crippen LogP contribution < -0.4 is 15.9 Å². The lowest BCUT2D eigenvalue weighted by molar-refractivity contribution is 0.0768. The van der Waals surface area contributed by atoms with Gasteiger partial charge in [0.1, 0.15) is 11.3 Å². The Bertz CT molecular complexity index is 771. The highest BCUT2D eigenvalue weighted by Crippen LogP contribution is 2.23. The van der Waals surface area contributed by atoms with Crippen molar-refractivity contribution in [2.75, 3.05) is 0 Å². The lowest BCUT2D eigenvalue weighted by Gasteiger charge is -2.06. The fourth-order valence-electron chi connectivity index (χ4n) is 1.81. The van der Waals surface area contributed by atoms with Gasteiger partial charge in [0.25, 0.3) is 0 Å². The summed E-state index contributed by atoms with van der Waals surface area (Å²) in [4.78, 5) is 17.1. The van der Waals surface area contributed by atoms with E-state index < -0.39 is 5.91 Å². The third kappa shape index (κ3) is 3.24. The van der Waals surface area contributed by atoms with Crippen molar-refractivity contribution in [3.05, 3.63) is 64.8 Å². The second-order valence-electron chi connectivity index (χ2n) is 4.26. The van der Waals surface area contributed by atoms with Crippen molar-refractivity contribution in [2.24, 2.45) is 0 Å². The summed E-state index contributed by atoms with van der Waals surface area (Å²) >= 11 is 3.37. The van der Waals surface area contributed by atoms with Crippen molar-refractivity contribution in [2.45, 2.75) is 0 Å². The van der Waals surface area contributed by atoms with E-state index in [1.807, 2.05) is 30.3 Å². The van der Waals surface area contributed by atoms with Gasteiger partial charge in [0.05, 0.1) is 0 Å². The molecular weight excluding hydrogens is 336 g/mol. The molecule has 21 heavy (non-hydrogen) atoms. The van der Waals surface area contributed by atoms with Crippen molar-refractivity contribution in [1.29, 1.82) is 0 Å². The fourth-order valence-corrected chi connectivity index (χ4v) is 2.19. The van der Waals surface area contributed by atoms with E-state index >= 15 is 0 Å². The molecule has 0 unspecified atom stereocenters. The molecule has 0 bridgehead atoms. The summed E-state index contributed by atoms with van der Waals surface area (Å²) in [6.45, 7) is 0. The van der Waals surface area contributed by atoms with Crippen LogP contribution in [-0.4, -0.2) is 5.91 Å². The Morgan fingerprint density at radius 1 is 1.10 bits per heavy atom. The lowest BCUT2D eigenvalue weighted by atomic mass is 10.2. The van der Waals surface area contributed by atoms with Crippen LogP contribution in [0.3, 0.4) is 0 Å². The van der Waals surface area contributed by atoms with Crippen LogP contribution >= 0.6 is 15.9 Å². The Balaban J connectivity index is 1.64. The molecule has 6 heteroatoms. The molecule has 2 aromatic carbocycles. The van der Waals surface area contributed by atoms with Crippen LogP contribution in [0.5, 0.6) is 5.75 Å². The number of carbonyl (C=O) groups is 1. The van der Waals surface area contributed by atoms with Crippen molar-refractivity contribution in [3.8, 4) is 5.75 Å². The summed E-state index contributed by atoms with van der Waals surface area (Å²) in [7, 11) is 0. The van der Waals surface area contributed by atoms with E-state index in [-0.39, 0.29) is 5.76 Å². The van der Waals surface area contributed by atoms with E-state index in [1.54, 1.807) is 24.3 Å². The molecule has 2 N–H and O–H groups in total. The first-order valence-electron chi connectivity index (χ1n) is 6.19. The molecule has 0 saturated heterocycles. The predicted octanol–water partition coefficient (Wildman–Crippen LogP) is 3.42. The number of hydrogen-bond donors (Lipinski definition) is 2. The number of benzene rings is 2. The van der Waals surface area contributed by atoms with Crippen molar-refractivity contribution in [1.82, 2.24) is 11.0 Å². The summed E-state index contributed by atoms with van der Waals surface area (Å²) in [5, 5.41) is 0.846. The number of fused-ring (bicyclic) bond motifs is 1. The molecule has 1 aromatic heterocycles. The summed E-state index contributed by atoms with van der Waals surface area (Å²) in [5.74, 6) is 0.372. The van der Waals surface area contributed by atoms with Gasteiger partial charge in [-0.3, -0.25) is 10.2 Å². The normalized spacial score (nSPS) is 10.5. The quantitative estimate of drug-likeness (QED) is 0.710. The average molecular weight is 347 g/mol. The van der Waals surface area contributed by atoms with Crippen LogP contribution in [0.1, 0.15) is 10.6 Å². The van der Waals surface area contributed by atoms with Gasteiger partial charge in [-0.25, -0.2) is 0 Å². The number of para-hydroxylation sites is 1. The van der Waals surface area contributed by atoms with Gasteiger partial charge in [-0.2, -0.15) is 0 Å². The monoisotopic (exact) mass is 346 g/mol. The van der Waals surface area contributed by atoms with E-state index in [0.717, 1.165) is 9.86 Å². The summed E-state index contributed by atoms with van der Waals surface area (Å²) in [6, 6.07) is 16.2. The van der Waals surface area contributed by atoms with Gasteiger partial charge in [-0.1, -0.05) is 39.7 Å². The highest BCUT2D eigenvalue weighted by molar-refractivity contribution is 9.10. The Morgan fingerprint density at radius 2 is 1.90 bits per heavy atom. The van der Waals surface area contributed by atoms with Gasteiger partial charge in [0.15, 0.2) is 5.76 Å². The molecule has 3 aromatic rings. The minimum atomic E-state index is -0.418. The molecule has 0 aliphatic carbocycles. The minimum absolute atomic E-state index is 0.201. The van der Waals surface area contributed by atoms with Crippen molar-refractivity contribution < 1.29 is 14.0 Å². The Morgan fingerprint density at radius 3 is 2.71 bits per heavy atom. The molecule has 0 aliphatic heterocycles. The number of nitrogens with one attached hydrogen (secondary N) is 2. The molecule has 0 saturated carbocycles. The smallest absolute Gasteiger partial charge is 0.303 e. The van der Waals surface area contributed by atoms with Crippen molar-refractivity contribution in [3.63, 3.8) is 0 Å². The molecule has 0 spiro atoms. The maximum absolute atomic E-state index is 11.9. The zero-order valence-corrected chi connectivity index (χ0v) is 12.4. The Hall–Kier alpha value is -2.31. The number of furan rings is 1. The Labute approximate surface area is 128 Å². The number of amides is 1. The largest absolute Gasteiger partial charge is 0.451 e. The molecule has 1 heterocycles. The molecule has 3 rings (SSSR count). The molecule has 5 nitrogen and oxygen atoms in total. The molecule has 0 fully saturated rings. The molecule has 0 atom stereocenters. The highest BCUT2D eigenvalue weighted by atomic mass is 79.9. The van der Waals surface area contributed by atoms with Crippen LogP contribution in [0, 0.1) is 0 Å². The van der Waals surface area contributed by atoms with Gasteiger partial charge in [-0.15, -0.1) is 0 Å². The van der Waals surface area contributed by atoms with Crippen LogP contribution in [-0.2, 0) is 0 Å². The van der Waals surface area contributed by atoms with Gasteiger partial charge in [0, 0.05) is 9.86 Å². The minimum Gasteiger partial charge on any atom is -0.451 e. The first kappa shape index (κ1) is 13.7. The molecular formula is C15H11BrN2O3. The maximum Gasteiger partial charge on any atom is 0.303 e. The van der Waals surface area contributed by atoms with Gasteiger partial charge < -0.3 is 9.25 Å². The van der Waals surface area contributed by atoms with Gasteiger partial charge in [-0.05, 0) is 36.4 Å². The number of hydrogen-bond acceptors (Lipinski definition) is 4. The molecule has 106 valence electrons. The van der Waals surface area contributed by atoms with Gasteiger partial charge >= 0.3 is 5.91 Å². The number of carbonyl (C=O) groups excluding carboxylic acids is 1. The van der Waals surface area contributed by atoms with Crippen LogP contribution in [0.15, 0.2) is 63.5 Å². The lowest BCUT2D eigenvalue weighted by Crippen LogP contribution is -2.39. The number of rotatable bonds is 4. The standard InChI is InChI=1S/C15H11BrN2O3/c16-11-6-7-13-10(8-11)9-14(20-13)15(19)17-18-21-12-4-2-1-3-5-12/h1-9,18H,(H,17,19). The first-order valence-corrected chi connectivity index (χ1v) is 6.98. The van der Waals surface area contributed by atoms with E-state index in [9.17, 15) is 4.79 Å². The molecule has 0 radical (unpaired) electrons. The van der Waals surface area contributed by atoms with E-state index in [4.69, 9.17) is 9.25 Å². The fraction of sp³-hybridized carbons (Fsp3) is 0. The topological polar surface area (TPSA) is 63.5 Å². The maximum atomic E-state index is 11.9. The SMILES string of the molecule is O=C(NNOc1ccccc1)c1cc2cc(Br)ccc2o1.